The van der Waals surface area contributed by atoms with E-state index in [0.717, 1.165) is 29.7 Å². The minimum absolute atomic E-state index is 0.444. The van der Waals surface area contributed by atoms with Gasteiger partial charge in [0.2, 0.25) is 0 Å². The molecular weight excluding hydrogens is 360 g/mol. The highest BCUT2D eigenvalue weighted by Gasteiger charge is 2.14. The number of ether oxygens (including phenoxy) is 3. The van der Waals surface area contributed by atoms with Crippen molar-refractivity contribution in [2.24, 2.45) is 5.16 Å². The Morgan fingerprint density at radius 2 is 1.75 bits per heavy atom. The highest BCUT2D eigenvalue weighted by molar-refractivity contribution is 5.82. The lowest BCUT2D eigenvalue weighted by molar-refractivity contribution is 0.122. The average molecular weight is 382 g/mol. The first-order valence-electron chi connectivity index (χ1n) is 9.04. The van der Waals surface area contributed by atoms with Gasteiger partial charge in [-0.2, -0.15) is 0 Å². The Bertz CT molecular complexity index is 1050. The van der Waals surface area contributed by atoms with Crippen molar-refractivity contribution in [1.29, 1.82) is 0 Å². The summed E-state index contributed by atoms with van der Waals surface area (Å²) in [7, 11) is 3.18. The summed E-state index contributed by atoms with van der Waals surface area (Å²) in [5.74, 6) is 1.80. The number of anilines is 1. The number of hydrogen-bond donors (Lipinski definition) is 1. The van der Waals surface area contributed by atoms with Gasteiger partial charge < -0.3 is 28.7 Å². The first-order chi connectivity index (χ1) is 13.7. The maximum atomic E-state index is 9.52. The largest absolute Gasteiger partial charge is 0.493 e. The molecule has 0 atom stereocenters. The number of rotatable bonds is 4. The summed E-state index contributed by atoms with van der Waals surface area (Å²) in [4.78, 5) is 2.25. The summed E-state index contributed by atoms with van der Waals surface area (Å²) in [6, 6.07) is 13.1. The van der Waals surface area contributed by atoms with Crippen molar-refractivity contribution < 1.29 is 23.8 Å². The number of benzene rings is 2. The molecule has 0 saturated carbocycles. The molecule has 0 bridgehead atoms. The monoisotopic (exact) mass is 382 g/mol. The first-order valence-corrected chi connectivity index (χ1v) is 9.04. The lowest BCUT2D eigenvalue weighted by Gasteiger charge is -2.28. The molecule has 7 heteroatoms. The maximum absolute atomic E-state index is 9.52. The van der Waals surface area contributed by atoms with Crippen molar-refractivity contribution >= 4 is 16.7 Å². The molecule has 0 amide bonds. The van der Waals surface area contributed by atoms with E-state index in [2.05, 4.69) is 10.1 Å². The Labute approximate surface area is 162 Å². The molecular formula is C21H22N2O5. The summed E-state index contributed by atoms with van der Waals surface area (Å²) in [5, 5.41) is 14.2. The molecule has 146 valence electrons. The molecule has 28 heavy (non-hydrogen) atoms. The van der Waals surface area contributed by atoms with E-state index in [9.17, 15) is 5.21 Å². The van der Waals surface area contributed by atoms with Crippen molar-refractivity contribution in [3.63, 3.8) is 0 Å². The molecule has 0 spiro atoms. The van der Waals surface area contributed by atoms with E-state index < -0.39 is 0 Å². The first kappa shape index (κ1) is 18.2. The van der Waals surface area contributed by atoms with Gasteiger partial charge in [0, 0.05) is 41.9 Å². The zero-order chi connectivity index (χ0) is 19.5. The highest BCUT2D eigenvalue weighted by atomic mass is 16.5. The quantitative estimate of drug-likeness (QED) is 0.551. The van der Waals surface area contributed by atoms with E-state index in [-0.39, 0.29) is 0 Å². The van der Waals surface area contributed by atoms with Gasteiger partial charge in [0.25, 0.3) is 0 Å². The van der Waals surface area contributed by atoms with Crippen LogP contribution in [0.5, 0.6) is 11.5 Å². The molecule has 1 fully saturated rings. The minimum atomic E-state index is 0.444. The fraction of sp³-hybridized carbons (Fsp3) is 0.286. The molecule has 1 saturated heterocycles. The molecule has 2 heterocycles. The molecule has 0 radical (unpaired) electrons. The molecule has 3 aromatic rings. The Kier molecular flexibility index (Phi) is 5.08. The van der Waals surface area contributed by atoms with Gasteiger partial charge in [0.15, 0.2) is 11.5 Å². The van der Waals surface area contributed by atoms with E-state index in [0.29, 0.717) is 41.4 Å². The predicted molar refractivity (Wildman–Crippen MR) is 105 cm³/mol. The van der Waals surface area contributed by atoms with Crippen LogP contribution in [0.1, 0.15) is 0 Å². The van der Waals surface area contributed by atoms with E-state index in [1.54, 1.807) is 20.3 Å². The van der Waals surface area contributed by atoms with Gasteiger partial charge in [0.1, 0.15) is 16.7 Å². The van der Waals surface area contributed by atoms with Gasteiger partial charge in [-0.05, 0) is 30.3 Å². The van der Waals surface area contributed by atoms with Crippen molar-refractivity contribution in [2.75, 3.05) is 45.4 Å². The number of hydrogen-bond acceptors (Lipinski definition) is 7. The van der Waals surface area contributed by atoms with Gasteiger partial charge in [-0.1, -0.05) is 5.16 Å². The van der Waals surface area contributed by atoms with Crippen LogP contribution in [-0.4, -0.2) is 45.7 Å². The van der Waals surface area contributed by atoms with Crippen molar-refractivity contribution in [3.8, 4) is 22.8 Å². The number of morpholine rings is 1. The van der Waals surface area contributed by atoms with Crippen LogP contribution >= 0.6 is 0 Å². The van der Waals surface area contributed by atoms with E-state index in [1.165, 1.54) is 0 Å². The van der Waals surface area contributed by atoms with Crippen LogP contribution in [0.25, 0.3) is 22.3 Å². The average Bonchev–Trinajstić information content (AvgIpc) is 2.77. The Morgan fingerprint density at radius 3 is 2.46 bits per heavy atom. The summed E-state index contributed by atoms with van der Waals surface area (Å²) in [5.41, 5.74) is 2.48. The Morgan fingerprint density at radius 1 is 0.964 bits per heavy atom. The van der Waals surface area contributed by atoms with Gasteiger partial charge in [-0.3, -0.25) is 0 Å². The van der Waals surface area contributed by atoms with Crippen molar-refractivity contribution in [3.05, 3.63) is 47.8 Å². The molecule has 4 rings (SSSR count). The molecule has 0 unspecified atom stereocenters. The Balaban J connectivity index is 1.83. The Hall–Kier alpha value is -3.19. The molecule has 1 aliphatic rings. The summed E-state index contributed by atoms with van der Waals surface area (Å²) in [6.45, 7) is 3.08. The summed E-state index contributed by atoms with van der Waals surface area (Å²) in [6.07, 6.45) is 0. The van der Waals surface area contributed by atoms with Gasteiger partial charge in [-0.25, -0.2) is 0 Å². The van der Waals surface area contributed by atoms with Crippen LogP contribution in [0.3, 0.4) is 0 Å². The molecule has 1 aliphatic heterocycles. The van der Waals surface area contributed by atoms with Crippen LogP contribution in [0.4, 0.5) is 5.69 Å². The standard InChI is InChI=1S/C21H22N2O5/c1-25-18-6-3-14(11-21(18)26-2)19-13-17(22-24)16-5-4-15(12-20(16)28-19)23-7-9-27-10-8-23/h3-6,11-13,24H,7-10H2,1-2H3/b22-17+. The fourth-order valence-electron chi connectivity index (χ4n) is 3.39. The van der Waals surface area contributed by atoms with Gasteiger partial charge in [-0.15, -0.1) is 0 Å². The lowest BCUT2D eigenvalue weighted by atomic mass is 10.1. The molecule has 7 nitrogen and oxygen atoms in total. The van der Waals surface area contributed by atoms with E-state index in [1.807, 2.05) is 36.4 Å². The number of fused-ring (bicyclic) bond motifs is 1. The predicted octanol–water partition coefficient (Wildman–Crippen LogP) is 3.24. The normalized spacial score (nSPS) is 15.1. The highest BCUT2D eigenvalue weighted by Crippen LogP contribution is 2.33. The molecule has 1 aromatic heterocycles. The van der Waals surface area contributed by atoms with Crippen molar-refractivity contribution in [2.45, 2.75) is 0 Å². The summed E-state index contributed by atoms with van der Waals surface area (Å²) < 4.78 is 22.3. The van der Waals surface area contributed by atoms with E-state index >= 15 is 0 Å². The van der Waals surface area contributed by atoms with Crippen LogP contribution in [0.2, 0.25) is 0 Å². The smallest absolute Gasteiger partial charge is 0.161 e. The van der Waals surface area contributed by atoms with Crippen LogP contribution in [0.15, 0.2) is 52.0 Å². The third kappa shape index (κ3) is 3.36. The van der Waals surface area contributed by atoms with Gasteiger partial charge in [0.05, 0.1) is 27.4 Å². The number of methoxy groups -OCH3 is 2. The second kappa shape index (κ2) is 7.82. The van der Waals surface area contributed by atoms with Crippen LogP contribution in [0, 0.1) is 0 Å². The molecule has 0 aliphatic carbocycles. The zero-order valence-electron chi connectivity index (χ0n) is 15.8. The van der Waals surface area contributed by atoms with Crippen molar-refractivity contribution in [1.82, 2.24) is 0 Å². The van der Waals surface area contributed by atoms with E-state index in [4.69, 9.17) is 18.6 Å². The second-order valence-corrected chi connectivity index (χ2v) is 6.45. The summed E-state index contributed by atoms with van der Waals surface area (Å²) >= 11 is 0. The molecule has 1 N–H and O–H groups in total. The van der Waals surface area contributed by atoms with Crippen LogP contribution in [-0.2, 0) is 4.74 Å². The SMILES string of the molecule is COc1ccc(-c2c/c(=N\O)c3ccc(N4CCOCC4)cc3o2)cc1OC. The zero-order valence-corrected chi connectivity index (χ0v) is 15.8. The fourth-order valence-corrected chi connectivity index (χ4v) is 3.39. The number of nitrogens with zero attached hydrogens (tertiary/aromatic N) is 2. The topological polar surface area (TPSA) is 76.7 Å². The third-order valence-corrected chi connectivity index (χ3v) is 4.88. The van der Waals surface area contributed by atoms with Crippen LogP contribution < -0.4 is 19.7 Å². The third-order valence-electron chi connectivity index (χ3n) is 4.88. The minimum Gasteiger partial charge on any atom is -0.493 e. The maximum Gasteiger partial charge on any atom is 0.161 e. The second-order valence-electron chi connectivity index (χ2n) is 6.45. The lowest BCUT2D eigenvalue weighted by Crippen LogP contribution is -2.36. The molecule has 2 aromatic carbocycles. The van der Waals surface area contributed by atoms with Gasteiger partial charge >= 0.3 is 0 Å².